The first-order chi connectivity index (χ1) is 8.83. The molecule has 0 bridgehead atoms. The summed E-state index contributed by atoms with van der Waals surface area (Å²) in [6, 6.07) is 7.82. The molecule has 0 amide bonds. The van der Waals surface area contributed by atoms with Gasteiger partial charge in [0.2, 0.25) is 5.89 Å². The highest BCUT2D eigenvalue weighted by molar-refractivity contribution is 5.90. The molecule has 18 heavy (non-hydrogen) atoms. The van der Waals surface area contributed by atoms with Gasteiger partial charge in [-0.2, -0.15) is 15.2 Å². The molecule has 90 valence electrons. The van der Waals surface area contributed by atoms with Crippen molar-refractivity contribution in [3.8, 4) is 0 Å². The lowest BCUT2D eigenvalue weighted by Gasteiger charge is -2.05. The van der Waals surface area contributed by atoms with Crippen molar-refractivity contribution in [2.75, 3.05) is 5.32 Å². The Morgan fingerprint density at radius 3 is 3.00 bits per heavy atom. The van der Waals surface area contributed by atoms with Gasteiger partial charge < -0.3 is 9.84 Å². The van der Waals surface area contributed by atoms with Crippen LogP contribution in [0.25, 0.3) is 10.9 Å². The molecule has 0 aliphatic heterocycles. The molecule has 0 saturated carbocycles. The van der Waals surface area contributed by atoms with Crippen LogP contribution < -0.4 is 5.32 Å². The molecule has 3 aromatic rings. The van der Waals surface area contributed by atoms with Crippen molar-refractivity contribution in [1.29, 1.82) is 0 Å². The minimum absolute atomic E-state index is 0.493. The van der Waals surface area contributed by atoms with Gasteiger partial charge in [-0.3, -0.25) is 0 Å². The third-order valence-corrected chi connectivity index (χ3v) is 2.55. The fraction of sp³-hybridized carbons (Fsp3) is 0.167. The van der Waals surface area contributed by atoms with E-state index < -0.39 is 0 Å². The second-order valence-electron chi connectivity index (χ2n) is 3.86. The van der Waals surface area contributed by atoms with Crippen LogP contribution in [0.5, 0.6) is 0 Å². The van der Waals surface area contributed by atoms with E-state index in [1.807, 2.05) is 24.3 Å². The summed E-state index contributed by atoms with van der Waals surface area (Å²) in [5.74, 6) is 1.18. The predicted molar refractivity (Wildman–Crippen MR) is 65.9 cm³/mol. The molecule has 0 spiro atoms. The van der Waals surface area contributed by atoms with Gasteiger partial charge >= 0.3 is 0 Å². The molecule has 2 heterocycles. The summed E-state index contributed by atoms with van der Waals surface area (Å²) >= 11 is 0. The number of nitrogens with zero attached hydrogens (tertiary/aromatic N) is 4. The molecule has 0 saturated heterocycles. The summed E-state index contributed by atoms with van der Waals surface area (Å²) in [5, 5.41) is 16.1. The highest BCUT2D eigenvalue weighted by Gasteiger charge is 2.05. The molecule has 0 unspecified atom stereocenters. The number of anilines is 1. The van der Waals surface area contributed by atoms with Crippen molar-refractivity contribution < 1.29 is 4.52 Å². The van der Waals surface area contributed by atoms with E-state index in [0.717, 1.165) is 16.6 Å². The van der Waals surface area contributed by atoms with Crippen molar-refractivity contribution in [2.24, 2.45) is 0 Å². The maximum atomic E-state index is 4.91. The highest BCUT2D eigenvalue weighted by atomic mass is 16.5. The van der Waals surface area contributed by atoms with Crippen molar-refractivity contribution in [2.45, 2.75) is 13.5 Å². The molecule has 1 N–H and O–H groups in total. The monoisotopic (exact) mass is 241 g/mol. The number of fused-ring (bicyclic) bond motifs is 1. The Bertz CT molecular complexity index is 674. The van der Waals surface area contributed by atoms with Crippen molar-refractivity contribution >= 4 is 16.6 Å². The molecule has 0 aliphatic rings. The zero-order valence-electron chi connectivity index (χ0n) is 9.79. The fourth-order valence-corrected chi connectivity index (χ4v) is 1.74. The maximum absolute atomic E-state index is 4.91. The number of nitrogens with one attached hydrogen (secondary N) is 1. The van der Waals surface area contributed by atoms with E-state index in [0.29, 0.717) is 18.3 Å². The van der Waals surface area contributed by atoms with Crippen LogP contribution in [0.15, 0.2) is 35.0 Å². The van der Waals surface area contributed by atoms with Crippen molar-refractivity contribution in [1.82, 2.24) is 20.3 Å². The molecule has 0 atom stereocenters. The molecule has 6 nitrogen and oxygen atoms in total. The first kappa shape index (κ1) is 10.6. The van der Waals surface area contributed by atoms with Gasteiger partial charge in [-0.05, 0) is 6.07 Å². The van der Waals surface area contributed by atoms with E-state index in [2.05, 4.69) is 25.7 Å². The summed E-state index contributed by atoms with van der Waals surface area (Å²) in [5.41, 5.74) is 1.76. The quantitative estimate of drug-likeness (QED) is 0.755. The van der Waals surface area contributed by atoms with Crippen LogP contribution in [0.4, 0.5) is 5.69 Å². The molecule has 1 aromatic carbocycles. The van der Waals surface area contributed by atoms with Crippen molar-refractivity contribution in [3.63, 3.8) is 0 Å². The summed E-state index contributed by atoms with van der Waals surface area (Å²) in [6.07, 6.45) is 1.69. The van der Waals surface area contributed by atoms with Gasteiger partial charge in [0.15, 0.2) is 5.82 Å². The Morgan fingerprint density at radius 2 is 2.17 bits per heavy atom. The molecule has 2 aromatic heterocycles. The van der Waals surface area contributed by atoms with Gasteiger partial charge in [-0.15, -0.1) is 0 Å². The number of hydrogen-bond acceptors (Lipinski definition) is 6. The van der Waals surface area contributed by atoms with E-state index in [1.54, 1.807) is 13.1 Å². The number of aryl methyl sites for hydroxylation is 1. The van der Waals surface area contributed by atoms with E-state index in [9.17, 15) is 0 Å². The molecule has 0 fully saturated rings. The second-order valence-corrected chi connectivity index (χ2v) is 3.86. The second kappa shape index (κ2) is 4.40. The van der Waals surface area contributed by atoms with Gasteiger partial charge in [0, 0.05) is 12.3 Å². The van der Waals surface area contributed by atoms with Crippen LogP contribution in [-0.4, -0.2) is 20.3 Å². The molecule has 0 radical (unpaired) electrons. The lowest BCUT2D eigenvalue weighted by atomic mass is 10.2. The van der Waals surface area contributed by atoms with Gasteiger partial charge in [0.05, 0.1) is 23.9 Å². The summed E-state index contributed by atoms with van der Waals surface area (Å²) in [4.78, 5) is 4.13. The van der Waals surface area contributed by atoms with Crippen LogP contribution in [0.3, 0.4) is 0 Å². The van der Waals surface area contributed by atoms with Gasteiger partial charge in [0.1, 0.15) is 0 Å². The summed E-state index contributed by atoms with van der Waals surface area (Å²) in [7, 11) is 0. The largest absolute Gasteiger partial charge is 0.376 e. The van der Waals surface area contributed by atoms with Crippen LogP contribution in [-0.2, 0) is 6.54 Å². The Morgan fingerprint density at radius 1 is 1.28 bits per heavy atom. The number of benzene rings is 1. The molecule has 6 heteroatoms. The number of aromatic nitrogens is 4. The minimum atomic E-state index is 0.493. The van der Waals surface area contributed by atoms with E-state index in [1.165, 1.54) is 0 Å². The Labute approximate surface area is 103 Å². The smallest absolute Gasteiger partial charge is 0.223 e. The zero-order chi connectivity index (χ0) is 12.4. The number of rotatable bonds is 3. The molecule has 0 aliphatic carbocycles. The zero-order valence-corrected chi connectivity index (χ0v) is 9.79. The van der Waals surface area contributed by atoms with E-state index in [4.69, 9.17) is 4.52 Å². The van der Waals surface area contributed by atoms with Gasteiger partial charge in [-0.1, -0.05) is 23.4 Å². The standard InChI is InChI=1S/C12H11N5O/c1-8-15-12(17-18-8)7-13-11-6-14-16-10-5-3-2-4-9(10)11/h2-6H,7H2,1H3,(H,13,16). The van der Waals surface area contributed by atoms with Crippen LogP contribution in [0, 0.1) is 6.92 Å². The molecular formula is C12H11N5O. The van der Waals surface area contributed by atoms with Crippen molar-refractivity contribution in [3.05, 3.63) is 42.2 Å². The van der Waals surface area contributed by atoms with Crippen LogP contribution in [0.1, 0.15) is 11.7 Å². The third-order valence-electron chi connectivity index (χ3n) is 2.55. The van der Waals surface area contributed by atoms with Gasteiger partial charge in [0.25, 0.3) is 0 Å². The summed E-state index contributed by atoms with van der Waals surface area (Å²) in [6.45, 7) is 2.26. The highest BCUT2D eigenvalue weighted by Crippen LogP contribution is 2.19. The molecule has 3 rings (SSSR count). The lowest BCUT2D eigenvalue weighted by Crippen LogP contribution is -2.02. The molecular weight excluding hydrogens is 230 g/mol. The van der Waals surface area contributed by atoms with Crippen LogP contribution >= 0.6 is 0 Å². The van der Waals surface area contributed by atoms with E-state index in [-0.39, 0.29) is 0 Å². The maximum Gasteiger partial charge on any atom is 0.223 e. The summed E-state index contributed by atoms with van der Waals surface area (Å²) < 4.78 is 4.91. The SMILES string of the molecule is Cc1nc(CNc2cnnc3ccccc23)no1. The predicted octanol–water partition coefficient (Wildman–Crippen LogP) is 1.93. The normalized spacial score (nSPS) is 10.7. The lowest BCUT2D eigenvalue weighted by molar-refractivity contribution is 0.388. The first-order valence-corrected chi connectivity index (χ1v) is 5.56. The Hall–Kier alpha value is -2.50. The minimum Gasteiger partial charge on any atom is -0.376 e. The average Bonchev–Trinajstić information content (AvgIpc) is 2.82. The fourth-order valence-electron chi connectivity index (χ4n) is 1.74. The first-order valence-electron chi connectivity index (χ1n) is 5.56. The van der Waals surface area contributed by atoms with E-state index >= 15 is 0 Å². The Balaban J connectivity index is 1.86. The topological polar surface area (TPSA) is 76.7 Å². The number of hydrogen-bond donors (Lipinski definition) is 1. The average molecular weight is 241 g/mol. The Kier molecular flexibility index (Phi) is 2.60. The third kappa shape index (κ3) is 2.00. The van der Waals surface area contributed by atoms with Gasteiger partial charge in [-0.25, -0.2) is 0 Å². The van der Waals surface area contributed by atoms with Crippen LogP contribution in [0.2, 0.25) is 0 Å².